The lowest BCUT2D eigenvalue weighted by atomic mass is 9.93. The zero-order valence-electron chi connectivity index (χ0n) is 21.4. The summed E-state index contributed by atoms with van der Waals surface area (Å²) in [6.45, 7) is 8.36. The molecule has 0 spiro atoms. The van der Waals surface area contributed by atoms with Gasteiger partial charge in [-0.3, -0.25) is 14.5 Å². The van der Waals surface area contributed by atoms with Gasteiger partial charge in [-0.2, -0.15) is 0 Å². The first-order valence-electron chi connectivity index (χ1n) is 12.1. The fourth-order valence-electron chi connectivity index (χ4n) is 4.54. The van der Waals surface area contributed by atoms with Crippen molar-refractivity contribution in [1.29, 1.82) is 0 Å². The number of hydrogen-bond acceptors (Lipinski definition) is 4. The summed E-state index contributed by atoms with van der Waals surface area (Å²) in [5, 5.41) is 11.7. The van der Waals surface area contributed by atoms with Crippen molar-refractivity contribution in [2.45, 2.75) is 45.6 Å². The van der Waals surface area contributed by atoms with E-state index in [0.29, 0.717) is 23.1 Å². The third-order valence-electron chi connectivity index (χ3n) is 6.68. The molecule has 1 saturated heterocycles. The average molecular weight is 538 g/mol. The lowest BCUT2D eigenvalue weighted by Gasteiger charge is -2.26. The monoisotopic (exact) mass is 537 g/mol. The standard InChI is InChI=1S/C30H29Cl2NO4/c1-16(2)18-6-8-20(9-7-18)26-25(27(34)21-14-23(31)29(37-5)24(32)15-21)28(35)30(36)33(26)22-12-10-19(11-13-22)17(3)4/h6-17,26,34H,1-5H3/b27-25+. The number of nitrogens with zero attached hydrogens (tertiary/aromatic N) is 1. The molecule has 0 radical (unpaired) electrons. The molecule has 0 aromatic heterocycles. The van der Waals surface area contributed by atoms with Crippen molar-refractivity contribution in [1.82, 2.24) is 0 Å². The number of ether oxygens (including phenoxy) is 1. The number of aliphatic hydroxyl groups excluding tert-OH is 1. The topological polar surface area (TPSA) is 66.8 Å². The molecule has 1 amide bonds. The van der Waals surface area contributed by atoms with Crippen molar-refractivity contribution >= 4 is 46.3 Å². The summed E-state index contributed by atoms with van der Waals surface area (Å²) in [6, 6.07) is 17.4. The average Bonchev–Trinajstić information content (AvgIpc) is 3.13. The second-order valence-corrected chi connectivity index (χ2v) is 10.5. The van der Waals surface area contributed by atoms with Crippen molar-refractivity contribution in [3.8, 4) is 5.75 Å². The number of carbonyl (C=O) groups is 2. The van der Waals surface area contributed by atoms with Crippen LogP contribution in [0.15, 0.2) is 66.2 Å². The number of aliphatic hydroxyl groups is 1. The molecule has 1 unspecified atom stereocenters. The zero-order chi connectivity index (χ0) is 27.0. The van der Waals surface area contributed by atoms with Crippen LogP contribution in [-0.2, 0) is 9.59 Å². The number of hydrogen-bond donors (Lipinski definition) is 1. The van der Waals surface area contributed by atoms with Crippen LogP contribution in [0.1, 0.15) is 67.8 Å². The number of anilines is 1. The highest BCUT2D eigenvalue weighted by Gasteiger charge is 2.47. The SMILES string of the molecule is COc1c(Cl)cc(/C(O)=C2\C(=O)C(=O)N(c3ccc(C(C)C)cc3)C2c2ccc(C(C)C)cc2)cc1Cl. The quantitative estimate of drug-likeness (QED) is 0.197. The molecule has 37 heavy (non-hydrogen) atoms. The molecule has 0 bridgehead atoms. The molecule has 0 aliphatic carbocycles. The third-order valence-corrected chi connectivity index (χ3v) is 7.24. The van der Waals surface area contributed by atoms with Crippen LogP contribution in [0.2, 0.25) is 10.0 Å². The highest BCUT2D eigenvalue weighted by atomic mass is 35.5. The summed E-state index contributed by atoms with van der Waals surface area (Å²) in [6.07, 6.45) is 0. The van der Waals surface area contributed by atoms with Crippen LogP contribution >= 0.6 is 23.2 Å². The fraction of sp³-hybridized carbons (Fsp3) is 0.267. The lowest BCUT2D eigenvalue weighted by Crippen LogP contribution is -2.29. The summed E-state index contributed by atoms with van der Waals surface area (Å²) in [4.78, 5) is 28.3. The van der Waals surface area contributed by atoms with E-state index in [0.717, 1.165) is 11.1 Å². The number of rotatable bonds is 6. The Morgan fingerprint density at radius 2 is 1.35 bits per heavy atom. The molecule has 7 heteroatoms. The Morgan fingerprint density at radius 1 is 0.865 bits per heavy atom. The van der Waals surface area contributed by atoms with Crippen LogP contribution in [-0.4, -0.2) is 23.9 Å². The largest absolute Gasteiger partial charge is 0.507 e. The molecule has 0 saturated carbocycles. The second kappa shape index (κ2) is 10.6. The molecule has 1 aliphatic heterocycles. The van der Waals surface area contributed by atoms with Gasteiger partial charge in [-0.1, -0.05) is 87.3 Å². The molecule has 1 heterocycles. The minimum Gasteiger partial charge on any atom is -0.507 e. The highest BCUT2D eigenvalue weighted by Crippen LogP contribution is 2.44. The highest BCUT2D eigenvalue weighted by molar-refractivity contribution is 6.51. The van der Waals surface area contributed by atoms with Crippen LogP contribution < -0.4 is 9.64 Å². The van der Waals surface area contributed by atoms with Gasteiger partial charge >= 0.3 is 0 Å². The molecule has 3 aromatic rings. The number of amides is 1. The smallest absolute Gasteiger partial charge is 0.300 e. The Hall–Kier alpha value is -3.28. The Bertz CT molecular complexity index is 1350. The van der Waals surface area contributed by atoms with E-state index in [1.54, 1.807) is 0 Å². The molecule has 1 N–H and O–H groups in total. The van der Waals surface area contributed by atoms with Crippen LogP contribution in [0.3, 0.4) is 0 Å². The Morgan fingerprint density at radius 3 is 1.81 bits per heavy atom. The van der Waals surface area contributed by atoms with Crippen LogP contribution in [0.4, 0.5) is 5.69 Å². The van der Waals surface area contributed by atoms with E-state index >= 15 is 0 Å². The lowest BCUT2D eigenvalue weighted by molar-refractivity contribution is -0.132. The van der Waals surface area contributed by atoms with Crippen LogP contribution in [0.5, 0.6) is 5.75 Å². The summed E-state index contributed by atoms with van der Waals surface area (Å²) >= 11 is 12.6. The van der Waals surface area contributed by atoms with Crippen molar-refractivity contribution in [3.63, 3.8) is 0 Å². The van der Waals surface area contributed by atoms with E-state index in [1.165, 1.54) is 24.1 Å². The van der Waals surface area contributed by atoms with Gasteiger partial charge in [-0.15, -0.1) is 0 Å². The predicted octanol–water partition coefficient (Wildman–Crippen LogP) is 7.88. The number of benzene rings is 3. The maximum Gasteiger partial charge on any atom is 0.300 e. The second-order valence-electron chi connectivity index (χ2n) is 9.71. The van der Waals surface area contributed by atoms with E-state index in [1.807, 2.05) is 48.5 Å². The summed E-state index contributed by atoms with van der Waals surface area (Å²) in [5.74, 6) is -0.981. The van der Waals surface area contributed by atoms with Crippen molar-refractivity contribution in [3.05, 3.63) is 98.5 Å². The number of methoxy groups -OCH3 is 1. The fourth-order valence-corrected chi connectivity index (χ4v) is 5.19. The summed E-state index contributed by atoms with van der Waals surface area (Å²) < 4.78 is 5.21. The normalized spacial score (nSPS) is 17.2. The van der Waals surface area contributed by atoms with Gasteiger partial charge in [0.1, 0.15) is 5.76 Å². The van der Waals surface area contributed by atoms with Crippen molar-refractivity contribution in [2.24, 2.45) is 0 Å². The van der Waals surface area contributed by atoms with E-state index < -0.39 is 17.7 Å². The van der Waals surface area contributed by atoms with Crippen molar-refractivity contribution in [2.75, 3.05) is 12.0 Å². The molecule has 5 nitrogen and oxygen atoms in total. The number of Topliss-reactive ketones (excluding diaryl/α,β-unsaturated/α-hetero) is 1. The Balaban J connectivity index is 1.92. The summed E-state index contributed by atoms with van der Waals surface area (Å²) in [7, 11) is 1.43. The molecular formula is C30H29Cl2NO4. The van der Waals surface area contributed by atoms with Gasteiger partial charge in [0.05, 0.1) is 28.8 Å². The maximum atomic E-state index is 13.4. The molecule has 1 fully saturated rings. The minimum atomic E-state index is -0.842. The maximum absolute atomic E-state index is 13.4. The number of carbonyl (C=O) groups excluding carboxylic acids is 2. The van der Waals surface area contributed by atoms with E-state index in [-0.39, 0.29) is 32.7 Å². The van der Waals surface area contributed by atoms with Crippen LogP contribution in [0.25, 0.3) is 5.76 Å². The van der Waals surface area contributed by atoms with Gasteiger partial charge in [0, 0.05) is 11.3 Å². The van der Waals surface area contributed by atoms with Gasteiger partial charge in [0.25, 0.3) is 11.7 Å². The molecule has 192 valence electrons. The summed E-state index contributed by atoms with van der Waals surface area (Å²) in [5.41, 5.74) is 3.68. The van der Waals surface area contributed by atoms with Gasteiger partial charge in [-0.05, 0) is 52.8 Å². The minimum absolute atomic E-state index is 0.0347. The predicted molar refractivity (Wildman–Crippen MR) is 149 cm³/mol. The first kappa shape index (κ1) is 26.8. The third kappa shape index (κ3) is 4.98. The Kier molecular flexibility index (Phi) is 7.67. The molecule has 1 aliphatic rings. The van der Waals surface area contributed by atoms with Crippen LogP contribution in [0, 0.1) is 0 Å². The van der Waals surface area contributed by atoms with E-state index in [9.17, 15) is 14.7 Å². The number of ketones is 1. The molecular weight excluding hydrogens is 509 g/mol. The zero-order valence-corrected chi connectivity index (χ0v) is 22.9. The van der Waals surface area contributed by atoms with Gasteiger partial charge in [-0.25, -0.2) is 0 Å². The van der Waals surface area contributed by atoms with E-state index in [2.05, 4.69) is 27.7 Å². The Labute approximate surface area is 227 Å². The molecule has 1 atom stereocenters. The number of halogens is 2. The van der Waals surface area contributed by atoms with Gasteiger partial charge < -0.3 is 9.84 Å². The van der Waals surface area contributed by atoms with E-state index in [4.69, 9.17) is 27.9 Å². The molecule has 4 rings (SSSR count). The van der Waals surface area contributed by atoms with Gasteiger partial charge in [0.15, 0.2) is 5.75 Å². The molecule has 3 aromatic carbocycles. The van der Waals surface area contributed by atoms with Crippen molar-refractivity contribution < 1.29 is 19.4 Å². The first-order chi connectivity index (χ1) is 17.5. The first-order valence-corrected chi connectivity index (χ1v) is 12.8. The van der Waals surface area contributed by atoms with Gasteiger partial charge in [0.2, 0.25) is 0 Å².